The minimum Gasteiger partial charge on any atom is -0.408 e. The molecular weight excluding hydrogens is 308 g/mol. The van der Waals surface area contributed by atoms with Crippen LogP contribution in [0.4, 0.5) is 0 Å². The van der Waals surface area contributed by atoms with E-state index in [2.05, 4.69) is 9.97 Å². The molecule has 0 radical (unpaired) electrons. The van der Waals surface area contributed by atoms with Gasteiger partial charge in [-0.1, -0.05) is 6.07 Å². The van der Waals surface area contributed by atoms with Crippen LogP contribution in [0.1, 0.15) is 23.4 Å². The number of nitrogens with one attached hydrogen (secondary N) is 1. The fraction of sp³-hybridized carbons (Fsp3) is 0.353. The molecule has 0 spiro atoms. The molecule has 7 nitrogen and oxygen atoms in total. The Hall–Kier alpha value is -2.83. The second-order valence-electron chi connectivity index (χ2n) is 6.13. The van der Waals surface area contributed by atoms with E-state index < -0.39 is 5.76 Å². The maximum absolute atomic E-state index is 12.5. The predicted octanol–water partition coefficient (Wildman–Crippen LogP) is 1.60. The Morgan fingerprint density at radius 1 is 1.42 bits per heavy atom. The van der Waals surface area contributed by atoms with Gasteiger partial charge < -0.3 is 14.3 Å². The summed E-state index contributed by atoms with van der Waals surface area (Å²) in [5, 5.41) is 0. The SMILES string of the molecule is Cc1ccc2oc(=O)n(CCC(=O)N3CCc4nc[nH]c4C3)c2c1. The van der Waals surface area contributed by atoms with E-state index in [0.717, 1.165) is 28.9 Å². The molecule has 1 aliphatic rings. The molecule has 0 unspecified atom stereocenters. The number of carbonyl (C=O) groups is 1. The first-order chi connectivity index (χ1) is 11.6. The van der Waals surface area contributed by atoms with Gasteiger partial charge in [-0.2, -0.15) is 0 Å². The summed E-state index contributed by atoms with van der Waals surface area (Å²) in [5.41, 5.74) is 4.37. The molecule has 0 bridgehead atoms. The highest BCUT2D eigenvalue weighted by molar-refractivity contribution is 5.77. The van der Waals surface area contributed by atoms with E-state index in [1.165, 1.54) is 4.57 Å². The highest BCUT2D eigenvalue weighted by Crippen LogP contribution is 2.17. The first kappa shape index (κ1) is 14.7. The first-order valence-corrected chi connectivity index (χ1v) is 8.01. The molecule has 1 N–H and O–H groups in total. The van der Waals surface area contributed by atoms with Crippen molar-refractivity contribution in [2.24, 2.45) is 0 Å². The summed E-state index contributed by atoms with van der Waals surface area (Å²) in [6.07, 6.45) is 2.70. The number of hydrogen-bond donors (Lipinski definition) is 1. The summed E-state index contributed by atoms with van der Waals surface area (Å²) in [5.74, 6) is -0.387. The van der Waals surface area contributed by atoms with E-state index in [1.54, 1.807) is 17.3 Å². The Morgan fingerprint density at radius 2 is 2.29 bits per heavy atom. The molecular formula is C17H18N4O3. The molecule has 0 aliphatic carbocycles. The van der Waals surface area contributed by atoms with Crippen LogP contribution >= 0.6 is 0 Å². The average molecular weight is 326 g/mol. The first-order valence-electron chi connectivity index (χ1n) is 8.01. The third-order valence-electron chi connectivity index (χ3n) is 4.50. The summed E-state index contributed by atoms with van der Waals surface area (Å²) in [6, 6.07) is 5.59. The van der Waals surface area contributed by atoms with Crippen molar-refractivity contribution in [1.29, 1.82) is 0 Å². The lowest BCUT2D eigenvalue weighted by Crippen LogP contribution is -2.36. The quantitative estimate of drug-likeness (QED) is 0.792. The van der Waals surface area contributed by atoms with Crippen molar-refractivity contribution in [1.82, 2.24) is 19.4 Å². The molecule has 3 aromatic rings. The molecule has 1 aromatic carbocycles. The number of aryl methyl sites for hydroxylation is 2. The molecule has 0 atom stereocenters. The van der Waals surface area contributed by atoms with Crippen molar-refractivity contribution in [3.05, 3.63) is 52.0 Å². The summed E-state index contributed by atoms with van der Waals surface area (Å²) in [7, 11) is 0. The molecule has 1 amide bonds. The van der Waals surface area contributed by atoms with Gasteiger partial charge in [0.05, 0.1) is 29.8 Å². The minimum absolute atomic E-state index is 0.0316. The van der Waals surface area contributed by atoms with Crippen LogP contribution in [0.15, 0.2) is 33.7 Å². The van der Waals surface area contributed by atoms with Gasteiger partial charge >= 0.3 is 5.76 Å². The van der Waals surface area contributed by atoms with Crippen molar-refractivity contribution < 1.29 is 9.21 Å². The second kappa shape index (κ2) is 5.67. The molecule has 0 saturated carbocycles. The highest BCUT2D eigenvalue weighted by Gasteiger charge is 2.22. The standard InChI is InChI=1S/C17H18N4O3/c1-11-2-3-15-14(8-11)21(17(23)24-15)7-5-16(22)20-6-4-12-13(9-20)19-10-18-12/h2-3,8,10H,4-7,9H2,1H3,(H,18,19). The molecule has 124 valence electrons. The van der Waals surface area contributed by atoms with Crippen molar-refractivity contribution in [3.8, 4) is 0 Å². The van der Waals surface area contributed by atoms with E-state index in [4.69, 9.17) is 4.42 Å². The molecule has 3 heterocycles. The monoisotopic (exact) mass is 326 g/mol. The van der Waals surface area contributed by atoms with Crippen LogP contribution in [-0.4, -0.2) is 31.9 Å². The van der Waals surface area contributed by atoms with E-state index in [0.29, 0.717) is 25.2 Å². The number of H-pyrrole nitrogens is 1. The van der Waals surface area contributed by atoms with Crippen LogP contribution in [0.25, 0.3) is 11.1 Å². The number of aromatic nitrogens is 3. The van der Waals surface area contributed by atoms with Gasteiger partial charge in [-0.3, -0.25) is 9.36 Å². The second-order valence-corrected chi connectivity index (χ2v) is 6.13. The van der Waals surface area contributed by atoms with Crippen LogP contribution in [0.3, 0.4) is 0 Å². The van der Waals surface area contributed by atoms with Gasteiger partial charge in [0, 0.05) is 25.9 Å². The summed E-state index contributed by atoms with van der Waals surface area (Å²) < 4.78 is 6.77. The molecule has 0 fully saturated rings. The van der Waals surface area contributed by atoms with E-state index in [1.807, 2.05) is 19.1 Å². The summed E-state index contributed by atoms with van der Waals surface area (Å²) in [4.78, 5) is 33.6. The van der Waals surface area contributed by atoms with Crippen LogP contribution in [0.2, 0.25) is 0 Å². The zero-order valence-electron chi connectivity index (χ0n) is 13.4. The minimum atomic E-state index is -0.419. The predicted molar refractivity (Wildman–Crippen MR) is 87.5 cm³/mol. The average Bonchev–Trinajstić information content (AvgIpc) is 3.15. The van der Waals surface area contributed by atoms with Gasteiger partial charge in [-0.25, -0.2) is 9.78 Å². The Balaban J connectivity index is 1.49. The number of carbonyl (C=O) groups excluding carboxylic acids is 1. The number of benzene rings is 1. The maximum atomic E-state index is 12.5. The topological polar surface area (TPSA) is 84.1 Å². The molecule has 24 heavy (non-hydrogen) atoms. The summed E-state index contributed by atoms with van der Waals surface area (Å²) >= 11 is 0. The molecule has 2 aromatic heterocycles. The number of imidazole rings is 1. The molecule has 1 aliphatic heterocycles. The van der Waals surface area contributed by atoms with Gasteiger partial charge in [0.15, 0.2) is 5.58 Å². The number of aromatic amines is 1. The number of rotatable bonds is 3. The smallest absolute Gasteiger partial charge is 0.408 e. The molecule has 4 rings (SSSR count). The number of oxazole rings is 1. The Labute approximate surface area is 137 Å². The maximum Gasteiger partial charge on any atom is 0.419 e. The van der Waals surface area contributed by atoms with Crippen LogP contribution < -0.4 is 5.76 Å². The number of amides is 1. The van der Waals surface area contributed by atoms with Crippen molar-refractivity contribution >= 4 is 17.0 Å². The number of fused-ring (bicyclic) bond motifs is 2. The van der Waals surface area contributed by atoms with Crippen LogP contribution in [-0.2, 0) is 24.3 Å². The molecule has 0 saturated heterocycles. The van der Waals surface area contributed by atoms with E-state index in [-0.39, 0.29) is 12.3 Å². The van der Waals surface area contributed by atoms with Crippen LogP contribution in [0.5, 0.6) is 0 Å². The lowest BCUT2D eigenvalue weighted by molar-refractivity contribution is -0.132. The Morgan fingerprint density at radius 3 is 3.17 bits per heavy atom. The third-order valence-corrected chi connectivity index (χ3v) is 4.50. The summed E-state index contributed by atoms with van der Waals surface area (Å²) in [6.45, 7) is 3.49. The van der Waals surface area contributed by atoms with Crippen LogP contribution in [0, 0.1) is 6.92 Å². The number of nitrogens with zero attached hydrogens (tertiary/aromatic N) is 3. The fourth-order valence-corrected chi connectivity index (χ4v) is 3.17. The lowest BCUT2D eigenvalue weighted by Gasteiger charge is -2.26. The lowest BCUT2D eigenvalue weighted by atomic mass is 10.1. The van der Waals surface area contributed by atoms with Gasteiger partial charge in [0.2, 0.25) is 5.91 Å². The van der Waals surface area contributed by atoms with Crippen molar-refractivity contribution in [2.75, 3.05) is 6.54 Å². The fourth-order valence-electron chi connectivity index (χ4n) is 3.17. The van der Waals surface area contributed by atoms with Gasteiger partial charge in [-0.15, -0.1) is 0 Å². The normalized spacial score (nSPS) is 14.1. The van der Waals surface area contributed by atoms with E-state index in [9.17, 15) is 9.59 Å². The zero-order valence-corrected chi connectivity index (χ0v) is 13.4. The molecule has 7 heteroatoms. The van der Waals surface area contributed by atoms with Crippen molar-refractivity contribution in [2.45, 2.75) is 32.9 Å². The third kappa shape index (κ3) is 2.51. The van der Waals surface area contributed by atoms with Gasteiger partial charge in [0.25, 0.3) is 0 Å². The van der Waals surface area contributed by atoms with E-state index >= 15 is 0 Å². The van der Waals surface area contributed by atoms with Crippen molar-refractivity contribution in [3.63, 3.8) is 0 Å². The Bertz CT molecular complexity index is 966. The zero-order chi connectivity index (χ0) is 16.7. The largest absolute Gasteiger partial charge is 0.419 e. The number of hydrogen-bond acceptors (Lipinski definition) is 4. The Kier molecular flexibility index (Phi) is 3.48. The van der Waals surface area contributed by atoms with Gasteiger partial charge in [-0.05, 0) is 24.6 Å². The highest BCUT2D eigenvalue weighted by atomic mass is 16.4. The van der Waals surface area contributed by atoms with Gasteiger partial charge in [0.1, 0.15) is 0 Å².